The molecule has 0 saturated carbocycles. The standard InChI is InChI=1S/C16H22N2O3/c1-16(2)6-5-7-18-11-9-13(21-4)12(20-3)8-10(11)17-15(19)14(16)18/h8-9,14H,5-7H2,1-4H3,(H,17,19). The molecule has 0 aromatic heterocycles. The van der Waals surface area contributed by atoms with Gasteiger partial charge in [-0.25, -0.2) is 0 Å². The lowest BCUT2D eigenvalue weighted by Gasteiger charge is -2.49. The molecular weight excluding hydrogens is 268 g/mol. The van der Waals surface area contributed by atoms with Gasteiger partial charge in [-0.2, -0.15) is 0 Å². The molecule has 1 atom stereocenters. The largest absolute Gasteiger partial charge is 0.493 e. The predicted molar refractivity (Wildman–Crippen MR) is 82.3 cm³/mol. The number of nitrogens with one attached hydrogen (secondary N) is 1. The summed E-state index contributed by atoms with van der Waals surface area (Å²) in [5.41, 5.74) is 1.78. The van der Waals surface area contributed by atoms with Crippen LogP contribution in [0.25, 0.3) is 0 Å². The average Bonchev–Trinajstić information content (AvgIpc) is 2.45. The zero-order valence-electron chi connectivity index (χ0n) is 13.0. The van der Waals surface area contributed by atoms with E-state index in [2.05, 4.69) is 24.1 Å². The molecule has 3 rings (SSSR count). The number of methoxy groups -OCH3 is 2. The van der Waals surface area contributed by atoms with Gasteiger partial charge in [0.25, 0.3) is 0 Å². The van der Waals surface area contributed by atoms with Gasteiger partial charge in [-0.05, 0) is 18.3 Å². The SMILES string of the molecule is COc1cc2c(cc1OC)N1CCCC(C)(C)C1C(=O)N2. The van der Waals surface area contributed by atoms with Gasteiger partial charge in [-0.3, -0.25) is 4.79 Å². The Hall–Kier alpha value is -1.91. The molecule has 1 unspecified atom stereocenters. The first-order chi connectivity index (χ1) is 9.97. The summed E-state index contributed by atoms with van der Waals surface area (Å²) in [4.78, 5) is 14.7. The Balaban J connectivity index is 2.11. The number of benzene rings is 1. The maximum Gasteiger partial charge on any atom is 0.247 e. The Morgan fingerprint density at radius 1 is 1.24 bits per heavy atom. The van der Waals surface area contributed by atoms with Gasteiger partial charge in [0, 0.05) is 18.7 Å². The quantitative estimate of drug-likeness (QED) is 0.909. The Morgan fingerprint density at radius 3 is 2.57 bits per heavy atom. The van der Waals surface area contributed by atoms with Crippen LogP contribution in [-0.4, -0.2) is 32.7 Å². The van der Waals surface area contributed by atoms with Crippen molar-refractivity contribution >= 4 is 17.3 Å². The number of carbonyl (C=O) groups is 1. The third-order valence-electron chi connectivity index (χ3n) is 4.59. The fourth-order valence-electron chi connectivity index (χ4n) is 3.56. The molecule has 5 nitrogen and oxygen atoms in total. The summed E-state index contributed by atoms with van der Waals surface area (Å²) in [7, 11) is 3.23. The zero-order valence-corrected chi connectivity index (χ0v) is 13.0. The molecule has 1 aromatic rings. The van der Waals surface area contributed by atoms with Crippen LogP contribution in [0.4, 0.5) is 11.4 Å². The summed E-state index contributed by atoms with van der Waals surface area (Å²) in [6.07, 6.45) is 2.15. The van der Waals surface area contributed by atoms with Crippen LogP contribution >= 0.6 is 0 Å². The van der Waals surface area contributed by atoms with Crippen LogP contribution in [0.3, 0.4) is 0 Å². The van der Waals surface area contributed by atoms with E-state index in [1.54, 1.807) is 14.2 Å². The minimum Gasteiger partial charge on any atom is -0.493 e. The van der Waals surface area contributed by atoms with Crippen LogP contribution in [0.5, 0.6) is 11.5 Å². The number of rotatable bonds is 2. The van der Waals surface area contributed by atoms with E-state index in [1.807, 2.05) is 12.1 Å². The van der Waals surface area contributed by atoms with Crippen molar-refractivity contribution in [2.75, 3.05) is 31.0 Å². The Morgan fingerprint density at radius 2 is 1.90 bits per heavy atom. The molecule has 2 heterocycles. The number of nitrogens with zero attached hydrogens (tertiary/aromatic N) is 1. The highest BCUT2D eigenvalue weighted by Gasteiger charge is 2.45. The summed E-state index contributed by atoms with van der Waals surface area (Å²) in [5.74, 6) is 1.39. The average molecular weight is 290 g/mol. The number of piperidine rings is 1. The second-order valence-electron chi connectivity index (χ2n) is 6.40. The van der Waals surface area contributed by atoms with Crippen LogP contribution in [0.1, 0.15) is 26.7 Å². The minimum absolute atomic E-state index is 0.0345. The van der Waals surface area contributed by atoms with Crippen molar-refractivity contribution < 1.29 is 14.3 Å². The number of ether oxygens (including phenoxy) is 2. The molecule has 1 N–H and O–H groups in total. The Labute approximate surface area is 125 Å². The van der Waals surface area contributed by atoms with Gasteiger partial charge in [-0.15, -0.1) is 0 Å². The van der Waals surface area contributed by atoms with E-state index in [0.717, 1.165) is 30.8 Å². The van der Waals surface area contributed by atoms with E-state index in [-0.39, 0.29) is 17.4 Å². The topological polar surface area (TPSA) is 50.8 Å². The molecule has 1 saturated heterocycles. The van der Waals surface area contributed by atoms with E-state index >= 15 is 0 Å². The molecule has 1 fully saturated rings. The summed E-state index contributed by atoms with van der Waals surface area (Å²) >= 11 is 0. The molecule has 2 aliphatic rings. The molecule has 0 bridgehead atoms. The number of hydrogen-bond donors (Lipinski definition) is 1. The molecule has 1 amide bonds. The van der Waals surface area contributed by atoms with Crippen LogP contribution < -0.4 is 19.7 Å². The van der Waals surface area contributed by atoms with Crippen LogP contribution in [0.15, 0.2) is 12.1 Å². The maximum atomic E-state index is 12.5. The van der Waals surface area contributed by atoms with Gasteiger partial charge in [-0.1, -0.05) is 13.8 Å². The summed E-state index contributed by atoms with van der Waals surface area (Å²) in [6, 6.07) is 3.67. The molecule has 0 radical (unpaired) electrons. The normalized spacial score (nSPS) is 23.0. The van der Waals surface area contributed by atoms with Crippen molar-refractivity contribution in [1.29, 1.82) is 0 Å². The Kier molecular flexibility index (Phi) is 3.23. The molecule has 2 aliphatic heterocycles. The van der Waals surface area contributed by atoms with Crippen LogP contribution in [-0.2, 0) is 4.79 Å². The first kappa shape index (κ1) is 14.0. The van der Waals surface area contributed by atoms with Crippen molar-refractivity contribution in [3.05, 3.63) is 12.1 Å². The minimum atomic E-state index is -0.128. The summed E-state index contributed by atoms with van der Waals surface area (Å²) in [6.45, 7) is 5.22. The smallest absolute Gasteiger partial charge is 0.247 e. The van der Waals surface area contributed by atoms with Gasteiger partial charge in [0.2, 0.25) is 5.91 Å². The third kappa shape index (κ3) is 2.11. The van der Waals surface area contributed by atoms with Crippen molar-refractivity contribution in [3.8, 4) is 11.5 Å². The monoisotopic (exact) mass is 290 g/mol. The van der Waals surface area contributed by atoms with Gasteiger partial charge in [0.1, 0.15) is 6.04 Å². The molecule has 5 heteroatoms. The predicted octanol–water partition coefficient (Wildman–Crippen LogP) is 2.65. The number of anilines is 2. The lowest BCUT2D eigenvalue weighted by Crippen LogP contribution is -2.58. The number of amides is 1. The van der Waals surface area contributed by atoms with Crippen LogP contribution in [0, 0.1) is 5.41 Å². The zero-order chi connectivity index (χ0) is 15.2. The summed E-state index contributed by atoms with van der Waals surface area (Å²) < 4.78 is 10.7. The molecule has 1 aromatic carbocycles. The molecule has 114 valence electrons. The van der Waals surface area contributed by atoms with E-state index in [1.165, 1.54) is 0 Å². The highest BCUT2D eigenvalue weighted by molar-refractivity contribution is 6.04. The number of carbonyl (C=O) groups excluding carboxylic acids is 1. The highest BCUT2D eigenvalue weighted by atomic mass is 16.5. The van der Waals surface area contributed by atoms with E-state index in [9.17, 15) is 4.79 Å². The van der Waals surface area contributed by atoms with Crippen molar-refractivity contribution in [2.24, 2.45) is 5.41 Å². The van der Waals surface area contributed by atoms with Crippen molar-refractivity contribution in [1.82, 2.24) is 0 Å². The Bertz CT molecular complexity index is 583. The fourth-order valence-corrected chi connectivity index (χ4v) is 3.56. The van der Waals surface area contributed by atoms with E-state index in [0.29, 0.717) is 11.5 Å². The highest BCUT2D eigenvalue weighted by Crippen LogP contribution is 2.46. The first-order valence-corrected chi connectivity index (χ1v) is 7.31. The molecular formula is C16H22N2O3. The molecule has 0 spiro atoms. The van der Waals surface area contributed by atoms with Crippen LogP contribution in [0.2, 0.25) is 0 Å². The van der Waals surface area contributed by atoms with Gasteiger partial charge >= 0.3 is 0 Å². The van der Waals surface area contributed by atoms with Gasteiger partial charge < -0.3 is 19.7 Å². The lowest BCUT2D eigenvalue weighted by molar-refractivity contribution is -0.120. The van der Waals surface area contributed by atoms with E-state index < -0.39 is 0 Å². The first-order valence-electron chi connectivity index (χ1n) is 7.31. The number of hydrogen-bond acceptors (Lipinski definition) is 4. The van der Waals surface area contributed by atoms with E-state index in [4.69, 9.17) is 9.47 Å². The molecule has 21 heavy (non-hydrogen) atoms. The lowest BCUT2D eigenvalue weighted by atomic mass is 9.75. The maximum absolute atomic E-state index is 12.5. The second kappa shape index (κ2) is 4.83. The molecule has 0 aliphatic carbocycles. The second-order valence-corrected chi connectivity index (χ2v) is 6.40. The fraction of sp³-hybridized carbons (Fsp3) is 0.562. The van der Waals surface area contributed by atoms with Crippen molar-refractivity contribution in [2.45, 2.75) is 32.7 Å². The summed E-state index contributed by atoms with van der Waals surface area (Å²) in [5, 5.41) is 3.02. The van der Waals surface area contributed by atoms with Gasteiger partial charge in [0.15, 0.2) is 11.5 Å². The number of fused-ring (bicyclic) bond motifs is 3. The third-order valence-corrected chi connectivity index (χ3v) is 4.59. The van der Waals surface area contributed by atoms with Gasteiger partial charge in [0.05, 0.1) is 25.6 Å². The van der Waals surface area contributed by atoms with Crippen molar-refractivity contribution in [3.63, 3.8) is 0 Å².